The molecule has 4 nitrogen and oxygen atoms in total. The van der Waals surface area contributed by atoms with Gasteiger partial charge < -0.3 is 9.13 Å². The standard InChI is InChI=1S/C61H40N4/c1-3-18-41(19-4-1)44-34-45(42-20-5-2-6-21-42)36-47(35-44)61-62-55-28-11-16-33-60(55)65(61)48-23-17-22-43(37-48)46-38-49(63-56-29-12-7-24-51(56)52-25-8-13-30-57(52)63)40-50(39-46)64-58-31-14-9-26-53(58)54-27-10-15-32-59(54)64/h1-40H. The molecule has 304 valence electrons. The molecule has 0 radical (unpaired) electrons. The SMILES string of the molecule is c1ccc(-c2cc(-c3ccccc3)cc(-c3nc4ccccc4n3-c3cccc(-c4cc(-n5c6ccccc6c6ccccc65)cc(-n5c6ccccc6c6ccccc65)c4)c3)c2)cc1. The zero-order chi connectivity index (χ0) is 42.8. The summed E-state index contributed by atoms with van der Waals surface area (Å²) in [7, 11) is 0. The Labute approximate surface area is 376 Å². The Bertz CT molecular complexity index is 3650. The van der Waals surface area contributed by atoms with Crippen LogP contribution in [0.4, 0.5) is 0 Å². The van der Waals surface area contributed by atoms with Gasteiger partial charge in [-0.25, -0.2) is 4.98 Å². The van der Waals surface area contributed by atoms with Crippen molar-refractivity contribution in [3.05, 3.63) is 243 Å². The maximum atomic E-state index is 5.40. The quantitative estimate of drug-likeness (QED) is 0.157. The maximum absolute atomic E-state index is 5.40. The van der Waals surface area contributed by atoms with E-state index in [1.54, 1.807) is 0 Å². The first-order valence-electron chi connectivity index (χ1n) is 22.2. The fourth-order valence-electron chi connectivity index (χ4n) is 10.1. The van der Waals surface area contributed by atoms with E-state index >= 15 is 0 Å². The number of hydrogen-bond acceptors (Lipinski definition) is 1. The van der Waals surface area contributed by atoms with Crippen molar-refractivity contribution in [2.24, 2.45) is 0 Å². The van der Waals surface area contributed by atoms with Crippen LogP contribution in [0.5, 0.6) is 0 Å². The molecule has 3 aromatic heterocycles. The first-order valence-corrected chi connectivity index (χ1v) is 22.2. The van der Waals surface area contributed by atoms with Crippen molar-refractivity contribution < 1.29 is 0 Å². The predicted molar refractivity (Wildman–Crippen MR) is 271 cm³/mol. The monoisotopic (exact) mass is 828 g/mol. The van der Waals surface area contributed by atoms with Crippen molar-refractivity contribution in [1.82, 2.24) is 18.7 Å². The molecule has 0 aliphatic heterocycles. The predicted octanol–water partition coefficient (Wildman–Crippen LogP) is 15.9. The van der Waals surface area contributed by atoms with Crippen LogP contribution in [0, 0.1) is 0 Å². The Hall–Kier alpha value is -8.73. The maximum Gasteiger partial charge on any atom is 0.145 e. The van der Waals surface area contributed by atoms with Crippen molar-refractivity contribution >= 4 is 54.6 Å². The number of fused-ring (bicyclic) bond motifs is 7. The van der Waals surface area contributed by atoms with Gasteiger partial charge in [-0.15, -0.1) is 0 Å². The van der Waals surface area contributed by atoms with E-state index in [2.05, 4.69) is 256 Å². The summed E-state index contributed by atoms with van der Waals surface area (Å²) in [5.41, 5.74) is 17.8. The van der Waals surface area contributed by atoms with Gasteiger partial charge >= 0.3 is 0 Å². The molecular formula is C61H40N4. The molecule has 0 N–H and O–H groups in total. The lowest BCUT2D eigenvalue weighted by molar-refractivity contribution is 1.10. The minimum absolute atomic E-state index is 0.892. The highest BCUT2D eigenvalue weighted by Gasteiger charge is 2.20. The van der Waals surface area contributed by atoms with Crippen molar-refractivity contribution in [3.63, 3.8) is 0 Å². The van der Waals surface area contributed by atoms with Gasteiger partial charge in [0, 0.05) is 44.2 Å². The summed E-state index contributed by atoms with van der Waals surface area (Å²) in [5.74, 6) is 0.892. The topological polar surface area (TPSA) is 27.7 Å². The Balaban J connectivity index is 1.05. The lowest BCUT2D eigenvalue weighted by Gasteiger charge is -2.17. The third-order valence-corrected chi connectivity index (χ3v) is 13.0. The average molecular weight is 829 g/mol. The van der Waals surface area contributed by atoms with E-state index in [4.69, 9.17) is 4.98 Å². The van der Waals surface area contributed by atoms with Crippen molar-refractivity contribution in [2.75, 3.05) is 0 Å². The number of nitrogens with zero attached hydrogens (tertiary/aromatic N) is 4. The number of imidazole rings is 1. The van der Waals surface area contributed by atoms with Gasteiger partial charge in [0.2, 0.25) is 0 Å². The van der Waals surface area contributed by atoms with E-state index in [-0.39, 0.29) is 0 Å². The molecule has 65 heavy (non-hydrogen) atoms. The molecule has 13 rings (SSSR count). The minimum atomic E-state index is 0.892. The highest BCUT2D eigenvalue weighted by molar-refractivity contribution is 6.11. The lowest BCUT2D eigenvalue weighted by Crippen LogP contribution is -2.01. The van der Waals surface area contributed by atoms with Gasteiger partial charge in [-0.2, -0.15) is 0 Å². The van der Waals surface area contributed by atoms with Crippen molar-refractivity contribution in [3.8, 4) is 61.8 Å². The van der Waals surface area contributed by atoms with Crippen LogP contribution in [0.3, 0.4) is 0 Å². The van der Waals surface area contributed by atoms with Crippen LogP contribution in [-0.4, -0.2) is 18.7 Å². The van der Waals surface area contributed by atoms with E-state index < -0.39 is 0 Å². The highest BCUT2D eigenvalue weighted by atomic mass is 15.1. The Kier molecular flexibility index (Phi) is 8.50. The second-order valence-electron chi connectivity index (χ2n) is 16.8. The summed E-state index contributed by atoms with van der Waals surface area (Å²) in [5, 5.41) is 4.95. The molecule has 0 unspecified atom stereocenters. The first kappa shape index (κ1) is 36.9. The second-order valence-corrected chi connectivity index (χ2v) is 16.8. The summed E-state index contributed by atoms with van der Waals surface area (Å²) in [6.45, 7) is 0. The van der Waals surface area contributed by atoms with Crippen molar-refractivity contribution in [1.29, 1.82) is 0 Å². The summed E-state index contributed by atoms with van der Waals surface area (Å²) < 4.78 is 7.20. The third-order valence-electron chi connectivity index (χ3n) is 13.0. The zero-order valence-electron chi connectivity index (χ0n) is 35.4. The van der Waals surface area contributed by atoms with E-state index in [1.165, 1.54) is 54.7 Å². The molecule has 0 spiro atoms. The smallest absolute Gasteiger partial charge is 0.145 e. The van der Waals surface area contributed by atoms with E-state index in [1.807, 2.05) is 0 Å². The zero-order valence-corrected chi connectivity index (χ0v) is 35.4. The molecule has 0 saturated heterocycles. The molecule has 0 saturated carbocycles. The van der Waals surface area contributed by atoms with Gasteiger partial charge in [0.25, 0.3) is 0 Å². The Morgan fingerprint density at radius 1 is 0.231 bits per heavy atom. The van der Waals surface area contributed by atoms with Gasteiger partial charge in [0.1, 0.15) is 5.82 Å². The number of benzene rings is 10. The van der Waals surface area contributed by atoms with Crippen LogP contribution in [0.2, 0.25) is 0 Å². The normalized spacial score (nSPS) is 11.7. The first-order chi connectivity index (χ1) is 32.2. The van der Waals surface area contributed by atoms with Crippen LogP contribution in [-0.2, 0) is 0 Å². The van der Waals surface area contributed by atoms with Crippen LogP contribution < -0.4 is 0 Å². The molecule has 0 fully saturated rings. The third kappa shape index (κ3) is 6.11. The molecule has 3 heterocycles. The van der Waals surface area contributed by atoms with E-state index in [0.29, 0.717) is 0 Å². The highest BCUT2D eigenvalue weighted by Crippen LogP contribution is 2.40. The van der Waals surface area contributed by atoms with Crippen LogP contribution >= 0.6 is 0 Å². The number of hydrogen-bond donors (Lipinski definition) is 0. The van der Waals surface area contributed by atoms with Gasteiger partial charge in [-0.05, 0) is 118 Å². The molecule has 0 aliphatic rings. The molecular weight excluding hydrogens is 789 g/mol. The summed E-state index contributed by atoms with van der Waals surface area (Å²) >= 11 is 0. The van der Waals surface area contributed by atoms with Crippen molar-refractivity contribution in [2.45, 2.75) is 0 Å². The lowest BCUT2D eigenvalue weighted by atomic mass is 9.96. The van der Waals surface area contributed by atoms with Gasteiger partial charge in [0.15, 0.2) is 0 Å². The molecule has 4 heteroatoms. The minimum Gasteiger partial charge on any atom is -0.309 e. The van der Waals surface area contributed by atoms with Crippen LogP contribution in [0.1, 0.15) is 0 Å². The molecule has 13 aromatic rings. The van der Waals surface area contributed by atoms with E-state index in [0.717, 1.165) is 61.7 Å². The summed E-state index contributed by atoms with van der Waals surface area (Å²) in [4.78, 5) is 5.40. The number of para-hydroxylation sites is 6. The second kappa shape index (κ2) is 15.0. The number of aromatic nitrogens is 4. The molecule has 0 atom stereocenters. The molecule has 0 amide bonds. The van der Waals surface area contributed by atoms with Gasteiger partial charge in [0.05, 0.1) is 33.1 Å². The summed E-state index contributed by atoms with van der Waals surface area (Å²) in [6, 6.07) is 87.7. The molecule has 0 aliphatic carbocycles. The van der Waals surface area contributed by atoms with Gasteiger partial charge in [-0.1, -0.05) is 158 Å². The molecule has 10 aromatic carbocycles. The Morgan fingerprint density at radius 2 is 0.615 bits per heavy atom. The number of rotatable bonds is 7. The summed E-state index contributed by atoms with van der Waals surface area (Å²) in [6.07, 6.45) is 0. The van der Waals surface area contributed by atoms with Crippen LogP contribution in [0.25, 0.3) is 116 Å². The van der Waals surface area contributed by atoms with E-state index in [9.17, 15) is 0 Å². The average Bonchev–Trinajstić information content (AvgIpc) is 4.05. The fraction of sp³-hybridized carbons (Fsp3) is 0. The fourth-order valence-corrected chi connectivity index (χ4v) is 10.1. The Morgan fingerprint density at radius 3 is 1.12 bits per heavy atom. The molecule has 0 bridgehead atoms. The largest absolute Gasteiger partial charge is 0.309 e. The van der Waals surface area contributed by atoms with Gasteiger partial charge in [-0.3, -0.25) is 4.57 Å². The van der Waals surface area contributed by atoms with Crippen LogP contribution in [0.15, 0.2) is 243 Å².